The number of morpholine rings is 1. The molecule has 2 aliphatic rings. The second-order valence-corrected chi connectivity index (χ2v) is 7.02. The number of hydrogen-bond donors (Lipinski definition) is 1. The monoisotopic (exact) mass is 301 g/mol. The van der Waals surface area contributed by atoms with Gasteiger partial charge < -0.3 is 14.3 Å². The first-order chi connectivity index (χ1) is 9.38. The minimum atomic E-state index is -3.73. The summed E-state index contributed by atoms with van der Waals surface area (Å²) in [6.07, 6.45) is 1.60. The molecule has 8 heteroatoms. The third-order valence-electron chi connectivity index (χ3n) is 3.71. The molecule has 0 saturated carbocycles. The lowest BCUT2D eigenvalue weighted by Gasteiger charge is -2.30. The first-order valence-electron chi connectivity index (χ1n) is 6.37. The molecule has 2 atom stereocenters. The van der Waals surface area contributed by atoms with Crippen molar-refractivity contribution in [1.29, 1.82) is 0 Å². The molecule has 20 heavy (non-hydrogen) atoms. The number of fused-ring (bicyclic) bond motifs is 2. The minimum absolute atomic E-state index is 0.0605. The molecule has 1 aromatic rings. The zero-order valence-electron chi connectivity index (χ0n) is 10.9. The average Bonchev–Trinajstić information content (AvgIpc) is 2.93. The van der Waals surface area contributed by atoms with Crippen molar-refractivity contribution in [2.75, 3.05) is 13.1 Å². The van der Waals surface area contributed by atoms with Gasteiger partial charge in [0.15, 0.2) is 0 Å². The number of aromatic carboxylic acids is 1. The second-order valence-electron chi connectivity index (χ2n) is 5.12. The zero-order valence-corrected chi connectivity index (χ0v) is 11.7. The maximum atomic E-state index is 12.6. The van der Waals surface area contributed by atoms with Gasteiger partial charge in [-0.25, -0.2) is 13.2 Å². The molecule has 2 aliphatic heterocycles. The van der Waals surface area contributed by atoms with Crippen molar-refractivity contribution in [3.05, 3.63) is 17.6 Å². The van der Waals surface area contributed by atoms with E-state index in [4.69, 9.17) is 14.3 Å². The lowest BCUT2D eigenvalue weighted by Crippen LogP contribution is -2.45. The van der Waals surface area contributed by atoms with Crippen LogP contribution in [0.25, 0.3) is 0 Å². The summed E-state index contributed by atoms with van der Waals surface area (Å²) in [5, 5.41) is 8.87. The number of ether oxygens (including phenoxy) is 1. The van der Waals surface area contributed by atoms with Gasteiger partial charge >= 0.3 is 5.97 Å². The van der Waals surface area contributed by atoms with Crippen LogP contribution in [0.3, 0.4) is 0 Å². The van der Waals surface area contributed by atoms with Crippen LogP contribution in [-0.2, 0) is 14.8 Å². The lowest BCUT2D eigenvalue weighted by atomic mass is 10.2. The molecular formula is C12H15NO6S. The highest BCUT2D eigenvalue weighted by molar-refractivity contribution is 7.89. The van der Waals surface area contributed by atoms with Crippen LogP contribution in [0.4, 0.5) is 0 Å². The molecule has 0 aliphatic carbocycles. The smallest absolute Gasteiger partial charge is 0.371 e. The van der Waals surface area contributed by atoms with Gasteiger partial charge in [-0.3, -0.25) is 0 Å². The fraction of sp³-hybridized carbons (Fsp3) is 0.583. The molecule has 2 bridgehead atoms. The normalized spacial score (nSPS) is 26.9. The van der Waals surface area contributed by atoms with E-state index >= 15 is 0 Å². The fourth-order valence-electron chi connectivity index (χ4n) is 2.74. The molecule has 110 valence electrons. The third-order valence-corrected chi connectivity index (χ3v) is 5.65. The van der Waals surface area contributed by atoms with Crippen LogP contribution in [0, 0.1) is 6.92 Å². The fourth-order valence-corrected chi connectivity index (χ4v) is 4.40. The summed E-state index contributed by atoms with van der Waals surface area (Å²) in [5.41, 5.74) is 0. The summed E-state index contributed by atoms with van der Waals surface area (Å²) in [4.78, 5) is 10.8. The quantitative estimate of drug-likeness (QED) is 0.888. The molecule has 0 spiro atoms. The molecule has 0 radical (unpaired) electrons. The molecular weight excluding hydrogens is 286 g/mol. The summed E-state index contributed by atoms with van der Waals surface area (Å²) in [6, 6.07) is 1.07. The van der Waals surface area contributed by atoms with Gasteiger partial charge in [0.1, 0.15) is 10.7 Å². The Morgan fingerprint density at radius 3 is 2.45 bits per heavy atom. The first kappa shape index (κ1) is 13.6. The van der Waals surface area contributed by atoms with E-state index in [-0.39, 0.29) is 28.6 Å². The van der Waals surface area contributed by atoms with Crippen LogP contribution in [0.2, 0.25) is 0 Å². The van der Waals surface area contributed by atoms with E-state index in [9.17, 15) is 13.2 Å². The molecule has 2 unspecified atom stereocenters. The van der Waals surface area contributed by atoms with E-state index in [0.717, 1.165) is 18.9 Å². The Kier molecular flexibility index (Phi) is 3.11. The minimum Gasteiger partial charge on any atom is -0.475 e. The highest BCUT2D eigenvalue weighted by Gasteiger charge is 2.40. The van der Waals surface area contributed by atoms with Crippen molar-refractivity contribution in [1.82, 2.24) is 4.31 Å². The number of sulfonamides is 1. The summed E-state index contributed by atoms with van der Waals surface area (Å²) in [7, 11) is -3.73. The van der Waals surface area contributed by atoms with Crippen molar-refractivity contribution in [3.63, 3.8) is 0 Å². The molecule has 2 saturated heterocycles. The van der Waals surface area contributed by atoms with Crippen LogP contribution < -0.4 is 0 Å². The van der Waals surface area contributed by atoms with Crippen LogP contribution in [0.1, 0.15) is 29.2 Å². The van der Waals surface area contributed by atoms with Crippen LogP contribution in [-0.4, -0.2) is 49.1 Å². The predicted molar refractivity (Wildman–Crippen MR) is 67.1 cm³/mol. The highest BCUT2D eigenvalue weighted by Crippen LogP contribution is 2.31. The van der Waals surface area contributed by atoms with Gasteiger partial charge in [-0.15, -0.1) is 0 Å². The van der Waals surface area contributed by atoms with E-state index in [1.54, 1.807) is 0 Å². The molecule has 2 fully saturated rings. The Balaban J connectivity index is 1.94. The number of nitrogens with zero attached hydrogens (tertiary/aromatic N) is 1. The Hall–Kier alpha value is -1.38. The van der Waals surface area contributed by atoms with Gasteiger partial charge in [-0.05, 0) is 19.8 Å². The standard InChI is InChI=1S/C12H15NO6S/c1-7-11(4-10(18-7)12(14)15)20(16,17)13-5-8-2-3-9(6-13)19-8/h4,8-9H,2-3,5-6H2,1H3,(H,14,15). The lowest BCUT2D eigenvalue weighted by molar-refractivity contribution is -0.0114. The number of rotatable bonds is 3. The number of carboxylic acids is 1. The Bertz CT molecular complexity index is 637. The molecule has 1 aromatic heterocycles. The maximum absolute atomic E-state index is 12.6. The number of hydrogen-bond acceptors (Lipinski definition) is 5. The first-order valence-corrected chi connectivity index (χ1v) is 7.81. The van der Waals surface area contributed by atoms with E-state index in [1.807, 2.05) is 0 Å². The van der Waals surface area contributed by atoms with Crippen molar-refractivity contribution in [2.45, 2.75) is 36.9 Å². The van der Waals surface area contributed by atoms with Gasteiger partial charge in [0, 0.05) is 19.2 Å². The van der Waals surface area contributed by atoms with Crippen molar-refractivity contribution < 1.29 is 27.5 Å². The summed E-state index contributed by atoms with van der Waals surface area (Å²) < 4.78 is 37.1. The maximum Gasteiger partial charge on any atom is 0.371 e. The number of furan rings is 1. The van der Waals surface area contributed by atoms with E-state index in [1.165, 1.54) is 11.2 Å². The predicted octanol–water partition coefficient (Wildman–Crippen LogP) is 0.838. The van der Waals surface area contributed by atoms with Crippen molar-refractivity contribution in [3.8, 4) is 0 Å². The number of carbonyl (C=O) groups is 1. The van der Waals surface area contributed by atoms with Crippen LogP contribution in [0.15, 0.2) is 15.4 Å². The average molecular weight is 301 g/mol. The zero-order chi connectivity index (χ0) is 14.5. The highest BCUT2D eigenvalue weighted by atomic mass is 32.2. The second kappa shape index (κ2) is 4.57. The largest absolute Gasteiger partial charge is 0.475 e. The molecule has 1 N–H and O–H groups in total. The van der Waals surface area contributed by atoms with Crippen molar-refractivity contribution >= 4 is 16.0 Å². The molecule has 3 rings (SSSR count). The third kappa shape index (κ3) is 2.13. The Morgan fingerprint density at radius 2 is 1.95 bits per heavy atom. The Morgan fingerprint density at radius 1 is 1.35 bits per heavy atom. The molecule has 3 heterocycles. The van der Waals surface area contributed by atoms with Gasteiger partial charge in [0.2, 0.25) is 15.8 Å². The molecule has 0 aromatic carbocycles. The summed E-state index contributed by atoms with van der Waals surface area (Å²) >= 11 is 0. The molecule has 0 amide bonds. The van der Waals surface area contributed by atoms with E-state index < -0.39 is 16.0 Å². The number of aryl methyl sites for hydroxylation is 1. The topological polar surface area (TPSA) is 97.0 Å². The van der Waals surface area contributed by atoms with E-state index in [0.29, 0.717) is 13.1 Å². The van der Waals surface area contributed by atoms with Gasteiger partial charge in [-0.1, -0.05) is 0 Å². The van der Waals surface area contributed by atoms with E-state index in [2.05, 4.69) is 0 Å². The Labute approximate surface area is 116 Å². The summed E-state index contributed by atoms with van der Waals surface area (Å²) in [6.45, 7) is 2.08. The van der Waals surface area contributed by atoms with Crippen LogP contribution >= 0.6 is 0 Å². The van der Waals surface area contributed by atoms with Crippen LogP contribution in [0.5, 0.6) is 0 Å². The SMILES string of the molecule is Cc1oc(C(=O)O)cc1S(=O)(=O)N1CC2CCC(C1)O2. The molecule has 7 nitrogen and oxygen atoms in total. The van der Waals surface area contributed by atoms with Gasteiger partial charge in [0.05, 0.1) is 12.2 Å². The van der Waals surface area contributed by atoms with Gasteiger partial charge in [0.25, 0.3) is 0 Å². The van der Waals surface area contributed by atoms with Crippen molar-refractivity contribution in [2.24, 2.45) is 0 Å². The van der Waals surface area contributed by atoms with Gasteiger partial charge in [-0.2, -0.15) is 4.31 Å². The number of carboxylic acid groups (broad SMARTS) is 1. The summed E-state index contributed by atoms with van der Waals surface area (Å²) in [5.74, 6) is -1.55.